The fourth-order valence-corrected chi connectivity index (χ4v) is 4.34. The number of rotatable bonds is 7. The molecule has 0 aliphatic carbocycles. The fourth-order valence-electron chi connectivity index (χ4n) is 3.47. The van der Waals surface area contributed by atoms with Gasteiger partial charge in [-0.2, -0.15) is 0 Å². The lowest BCUT2D eigenvalue weighted by atomic mass is 10.1. The van der Waals surface area contributed by atoms with Crippen LogP contribution in [-0.2, 0) is 21.3 Å². The lowest BCUT2D eigenvalue weighted by Gasteiger charge is -2.23. The molecule has 3 aromatic rings. The standard InChI is InChI=1S/C25H26N2O5S/c1-17-12-18(2)14-23(13-17)27(33(4,30)31)16-19-8-10-20(11-9-19)24(28)26-22-7-5-6-21(15-22)25(29)32-3/h5-15H,16H2,1-4H3,(H,26,28). The van der Waals surface area contributed by atoms with Crippen LogP contribution in [0, 0.1) is 13.8 Å². The lowest BCUT2D eigenvalue weighted by molar-refractivity contribution is 0.0600. The smallest absolute Gasteiger partial charge is 0.337 e. The lowest BCUT2D eigenvalue weighted by Crippen LogP contribution is -2.29. The Kier molecular flexibility index (Phi) is 7.18. The minimum Gasteiger partial charge on any atom is -0.465 e. The van der Waals surface area contributed by atoms with E-state index in [9.17, 15) is 18.0 Å². The summed E-state index contributed by atoms with van der Waals surface area (Å²) in [5.74, 6) is -0.840. The molecule has 1 amide bonds. The Balaban J connectivity index is 1.77. The number of carbonyl (C=O) groups excluding carboxylic acids is 2. The number of nitrogens with zero attached hydrogens (tertiary/aromatic N) is 1. The van der Waals surface area contributed by atoms with Crippen LogP contribution in [0.1, 0.15) is 37.4 Å². The van der Waals surface area contributed by atoms with E-state index >= 15 is 0 Å². The van der Waals surface area contributed by atoms with Gasteiger partial charge in [0.05, 0.1) is 31.2 Å². The molecular formula is C25H26N2O5S. The molecule has 0 spiro atoms. The highest BCUT2D eigenvalue weighted by molar-refractivity contribution is 7.92. The number of amides is 1. The van der Waals surface area contributed by atoms with E-state index in [0.717, 1.165) is 16.7 Å². The summed E-state index contributed by atoms with van der Waals surface area (Å²) in [5, 5.41) is 2.75. The monoisotopic (exact) mass is 466 g/mol. The van der Waals surface area contributed by atoms with Crippen molar-refractivity contribution in [2.75, 3.05) is 23.0 Å². The third-order valence-electron chi connectivity index (χ3n) is 4.98. The molecule has 0 aliphatic heterocycles. The Bertz CT molecular complexity index is 1260. The first-order valence-electron chi connectivity index (χ1n) is 10.2. The van der Waals surface area contributed by atoms with Gasteiger partial charge in [0.25, 0.3) is 5.91 Å². The van der Waals surface area contributed by atoms with Crippen molar-refractivity contribution in [3.05, 3.63) is 94.5 Å². The molecule has 0 unspecified atom stereocenters. The summed E-state index contributed by atoms with van der Waals surface area (Å²) in [6.07, 6.45) is 1.18. The number of sulfonamides is 1. The van der Waals surface area contributed by atoms with E-state index in [1.165, 1.54) is 23.7 Å². The molecule has 3 rings (SSSR count). The Labute approximate surface area is 194 Å². The Hall–Kier alpha value is -3.65. The first kappa shape index (κ1) is 24.0. The van der Waals surface area contributed by atoms with Crippen LogP contribution in [-0.4, -0.2) is 33.7 Å². The topological polar surface area (TPSA) is 92.8 Å². The van der Waals surface area contributed by atoms with Crippen molar-refractivity contribution < 1.29 is 22.7 Å². The van der Waals surface area contributed by atoms with Crippen LogP contribution < -0.4 is 9.62 Å². The van der Waals surface area contributed by atoms with Crippen LogP contribution in [0.25, 0.3) is 0 Å². The molecule has 0 saturated heterocycles. The molecule has 1 N–H and O–H groups in total. The van der Waals surface area contributed by atoms with Gasteiger partial charge < -0.3 is 10.1 Å². The van der Waals surface area contributed by atoms with Crippen LogP contribution in [0.5, 0.6) is 0 Å². The van der Waals surface area contributed by atoms with Gasteiger partial charge in [0.1, 0.15) is 0 Å². The highest BCUT2D eigenvalue weighted by Gasteiger charge is 2.19. The van der Waals surface area contributed by atoms with E-state index in [2.05, 4.69) is 5.32 Å². The molecule has 172 valence electrons. The maximum Gasteiger partial charge on any atom is 0.337 e. The molecule has 0 radical (unpaired) electrons. The Morgan fingerprint density at radius 1 is 0.909 bits per heavy atom. The predicted molar refractivity (Wildman–Crippen MR) is 129 cm³/mol. The SMILES string of the molecule is COC(=O)c1cccc(NC(=O)c2ccc(CN(c3cc(C)cc(C)c3)S(C)(=O)=O)cc2)c1. The van der Waals surface area contributed by atoms with Gasteiger partial charge in [0, 0.05) is 11.3 Å². The van der Waals surface area contributed by atoms with E-state index in [1.54, 1.807) is 42.5 Å². The first-order chi connectivity index (χ1) is 15.6. The highest BCUT2D eigenvalue weighted by Crippen LogP contribution is 2.24. The van der Waals surface area contributed by atoms with Crippen LogP contribution >= 0.6 is 0 Å². The molecule has 33 heavy (non-hydrogen) atoms. The average Bonchev–Trinajstić information content (AvgIpc) is 2.76. The Morgan fingerprint density at radius 2 is 1.55 bits per heavy atom. The summed E-state index contributed by atoms with van der Waals surface area (Å²) in [6.45, 7) is 3.99. The molecule has 0 fully saturated rings. The minimum absolute atomic E-state index is 0.144. The molecule has 0 heterocycles. The maximum atomic E-state index is 12.6. The third kappa shape index (κ3) is 6.20. The van der Waals surface area contributed by atoms with Crippen molar-refractivity contribution in [1.82, 2.24) is 0 Å². The van der Waals surface area contributed by atoms with E-state index in [4.69, 9.17) is 4.74 Å². The second-order valence-corrected chi connectivity index (χ2v) is 9.75. The van der Waals surface area contributed by atoms with E-state index in [1.807, 2.05) is 32.0 Å². The van der Waals surface area contributed by atoms with Gasteiger partial charge in [0.2, 0.25) is 10.0 Å². The number of esters is 1. The van der Waals surface area contributed by atoms with Gasteiger partial charge in [0.15, 0.2) is 0 Å². The van der Waals surface area contributed by atoms with E-state index in [-0.39, 0.29) is 12.5 Å². The molecule has 0 aliphatic rings. The number of hydrogen-bond donors (Lipinski definition) is 1. The number of methoxy groups -OCH3 is 1. The van der Waals surface area contributed by atoms with Crippen molar-refractivity contribution >= 4 is 33.3 Å². The van der Waals surface area contributed by atoms with Crippen molar-refractivity contribution in [1.29, 1.82) is 0 Å². The van der Waals surface area contributed by atoms with Gasteiger partial charge in [-0.1, -0.05) is 24.3 Å². The summed E-state index contributed by atoms with van der Waals surface area (Å²) < 4.78 is 31.0. The average molecular weight is 467 g/mol. The summed E-state index contributed by atoms with van der Waals surface area (Å²) >= 11 is 0. The molecule has 0 aromatic heterocycles. The second kappa shape index (κ2) is 9.87. The molecular weight excluding hydrogens is 440 g/mol. The largest absolute Gasteiger partial charge is 0.465 e. The maximum absolute atomic E-state index is 12.6. The molecule has 0 saturated carbocycles. The normalized spacial score (nSPS) is 11.0. The number of benzene rings is 3. The quantitative estimate of drug-likeness (QED) is 0.524. The van der Waals surface area contributed by atoms with Gasteiger partial charge in [-0.05, 0) is 73.0 Å². The van der Waals surface area contributed by atoms with Crippen molar-refractivity contribution in [3.63, 3.8) is 0 Å². The predicted octanol–water partition coefficient (Wildman–Crippen LogP) is 4.31. The molecule has 3 aromatic carbocycles. The fraction of sp³-hybridized carbons (Fsp3) is 0.200. The summed E-state index contributed by atoms with van der Waals surface area (Å²) in [6, 6.07) is 18.8. The van der Waals surface area contributed by atoms with Gasteiger partial charge in [-0.15, -0.1) is 0 Å². The molecule has 0 bridgehead atoms. The number of ether oxygens (including phenoxy) is 1. The third-order valence-corrected chi connectivity index (χ3v) is 6.12. The second-order valence-electron chi connectivity index (χ2n) is 7.84. The summed E-state index contributed by atoms with van der Waals surface area (Å²) in [7, 11) is -2.22. The van der Waals surface area contributed by atoms with E-state index < -0.39 is 16.0 Å². The summed E-state index contributed by atoms with van der Waals surface area (Å²) in [5.41, 5.74) is 4.48. The zero-order valence-electron chi connectivity index (χ0n) is 19.0. The number of carbonyl (C=O) groups is 2. The molecule has 7 nitrogen and oxygen atoms in total. The molecule has 0 atom stereocenters. The zero-order valence-corrected chi connectivity index (χ0v) is 19.8. The van der Waals surface area contributed by atoms with Gasteiger partial charge >= 0.3 is 5.97 Å². The van der Waals surface area contributed by atoms with Crippen LogP contribution in [0.2, 0.25) is 0 Å². The number of hydrogen-bond acceptors (Lipinski definition) is 5. The number of anilines is 2. The zero-order chi connectivity index (χ0) is 24.2. The summed E-state index contributed by atoms with van der Waals surface area (Å²) in [4.78, 5) is 24.3. The van der Waals surface area contributed by atoms with Crippen molar-refractivity contribution in [2.24, 2.45) is 0 Å². The minimum atomic E-state index is -3.51. The Morgan fingerprint density at radius 3 is 2.12 bits per heavy atom. The van der Waals surface area contributed by atoms with Crippen molar-refractivity contribution in [3.8, 4) is 0 Å². The van der Waals surface area contributed by atoms with Gasteiger partial charge in [-0.3, -0.25) is 9.10 Å². The van der Waals surface area contributed by atoms with Crippen LogP contribution in [0.15, 0.2) is 66.7 Å². The number of nitrogens with one attached hydrogen (secondary N) is 1. The van der Waals surface area contributed by atoms with Gasteiger partial charge in [-0.25, -0.2) is 13.2 Å². The number of aryl methyl sites for hydroxylation is 2. The van der Waals surface area contributed by atoms with E-state index in [0.29, 0.717) is 22.5 Å². The highest BCUT2D eigenvalue weighted by atomic mass is 32.2. The van der Waals surface area contributed by atoms with Crippen molar-refractivity contribution in [2.45, 2.75) is 20.4 Å². The van der Waals surface area contributed by atoms with Crippen LogP contribution in [0.4, 0.5) is 11.4 Å². The first-order valence-corrected chi connectivity index (χ1v) is 12.1. The van der Waals surface area contributed by atoms with Crippen LogP contribution in [0.3, 0.4) is 0 Å². The molecule has 8 heteroatoms.